The minimum atomic E-state index is -0.470. The van der Waals surface area contributed by atoms with Gasteiger partial charge in [-0.3, -0.25) is 14.4 Å². The molecule has 6 aromatic rings. The molecule has 234 valence electrons. The molecule has 4 aromatic carbocycles. The Balaban J connectivity index is 0.846. The summed E-state index contributed by atoms with van der Waals surface area (Å²) < 4.78 is 25.4. The molecule has 8 nitrogen and oxygen atoms in total. The minimum Gasteiger partial charge on any atom is -0.486 e. The first-order chi connectivity index (χ1) is 22.5. The van der Waals surface area contributed by atoms with Gasteiger partial charge in [0.25, 0.3) is 0 Å². The van der Waals surface area contributed by atoms with E-state index in [1.54, 1.807) is 36.4 Å². The Labute approximate surface area is 271 Å². The Bertz CT molecular complexity index is 2010. The van der Waals surface area contributed by atoms with Gasteiger partial charge >= 0.3 is 5.97 Å². The van der Waals surface area contributed by atoms with Crippen LogP contribution in [0, 0.1) is 0 Å². The zero-order valence-corrected chi connectivity index (χ0v) is 26.5. The minimum absolute atomic E-state index is 0.0136. The van der Waals surface area contributed by atoms with Crippen LogP contribution in [-0.2, 0) is 19.1 Å². The largest absolute Gasteiger partial charge is 0.486 e. The first kappa shape index (κ1) is 31.3. The monoisotopic (exact) mass is 654 g/mol. The lowest BCUT2D eigenvalue weighted by atomic mass is 10.2. The number of rotatable bonds is 14. The van der Waals surface area contributed by atoms with E-state index in [9.17, 15) is 19.2 Å². The third-order valence-corrected chi connectivity index (χ3v) is 9.58. The molecule has 2 heterocycles. The van der Waals surface area contributed by atoms with Gasteiger partial charge in [0.2, 0.25) is 0 Å². The molecule has 46 heavy (non-hydrogen) atoms. The number of carbonyl (C=O) groups excluding carboxylic acids is 2. The highest BCUT2D eigenvalue weighted by Gasteiger charge is 2.11. The molecule has 0 saturated carbocycles. The van der Waals surface area contributed by atoms with Crippen LogP contribution in [0.15, 0.2) is 94.5 Å². The fourth-order valence-electron chi connectivity index (χ4n) is 4.99. The molecule has 0 aliphatic carbocycles. The van der Waals surface area contributed by atoms with Crippen LogP contribution in [0.3, 0.4) is 0 Å². The molecule has 0 spiro atoms. The van der Waals surface area contributed by atoms with Gasteiger partial charge in [0.05, 0.1) is 6.61 Å². The van der Waals surface area contributed by atoms with Crippen molar-refractivity contribution in [3.8, 4) is 11.5 Å². The molecule has 0 bridgehead atoms. The van der Waals surface area contributed by atoms with E-state index in [4.69, 9.17) is 18.9 Å². The summed E-state index contributed by atoms with van der Waals surface area (Å²) in [5.41, 5.74) is -0.0329. The van der Waals surface area contributed by atoms with Crippen molar-refractivity contribution in [1.82, 2.24) is 0 Å². The number of unbranched alkanes of at least 4 members (excludes halogenated alkanes) is 2. The van der Waals surface area contributed by atoms with Crippen LogP contribution in [-0.4, -0.2) is 44.8 Å². The third-order valence-electron chi connectivity index (χ3n) is 7.31. The average molecular weight is 655 g/mol. The zero-order valence-electron chi connectivity index (χ0n) is 24.8. The van der Waals surface area contributed by atoms with Crippen molar-refractivity contribution in [3.63, 3.8) is 0 Å². The number of Topliss-reactive ketones (excluding diaryl/α,β-unsaturated/α-hetero) is 1. The van der Waals surface area contributed by atoms with Crippen LogP contribution in [0.4, 0.5) is 0 Å². The molecule has 0 radical (unpaired) electrons. The molecule has 0 fully saturated rings. The number of benzene rings is 4. The predicted molar refractivity (Wildman–Crippen MR) is 183 cm³/mol. The second kappa shape index (κ2) is 14.6. The Hall–Kier alpha value is -4.64. The number of hydrogen-bond donors (Lipinski definition) is 0. The van der Waals surface area contributed by atoms with E-state index in [0.717, 1.165) is 25.2 Å². The Morgan fingerprint density at radius 2 is 1.07 bits per heavy atom. The highest BCUT2D eigenvalue weighted by atomic mass is 32.1. The maximum absolute atomic E-state index is 12.7. The van der Waals surface area contributed by atoms with Gasteiger partial charge in [0.15, 0.2) is 23.2 Å². The molecule has 0 aliphatic rings. The van der Waals surface area contributed by atoms with Crippen LogP contribution < -0.4 is 20.3 Å². The maximum Gasteiger partial charge on any atom is 0.344 e. The number of fused-ring (bicyclic) bond motifs is 4. The summed E-state index contributed by atoms with van der Waals surface area (Å²) in [6, 6.07) is 25.4. The van der Waals surface area contributed by atoms with Gasteiger partial charge < -0.3 is 18.9 Å². The predicted octanol–water partition coefficient (Wildman–Crippen LogP) is 6.90. The van der Waals surface area contributed by atoms with Crippen molar-refractivity contribution < 1.29 is 28.5 Å². The van der Waals surface area contributed by atoms with Crippen molar-refractivity contribution in [1.29, 1.82) is 0 Å². The van der Waals surface area contributed by atoms with Crippen molar-refractivity contribution >= 4 is 74.8 Å². The molecule has 0 N–H and O–H groups in total. The van der Waals surface area contributed by atoms with E-state index in [1.165, 1.54) is 22.7 Å². The summed E-state index contributed by atoms with van der Waals surface area (Å²) in [6.07, 6.45) is 2.14. The third kappa shape index (κ3) is 7.42. The van der Waals surface area contributed by atoms with Crippen LogP contribution in [0.5, 0.6) is 11.5 Å². The molecule has 2 aromatic heterocycles. The Morgan fingerprint density at radius 1 is 0.543 bits per heavy atom. The van der Waals surface area contributed by atoms with Crippen LogP contribution in [0.1, 0.15) is 19.3 Å². The van der Waals surface area contributed by atoms with Crippen molar-refractivity contribution in [2.24, 2.45) is 0 Å². The topological polar surface area (TPSA) is 105 Å². The molecular weight excluding hydrogens is 625 g/mol. The smallest absolute Gasteiger partial charge is 0.344 e. The fourth-order valence-corrected chi connectivity index (χ4v) is 7.19. The van der Waals surface area contributed by atoms with E-state index < -0.39 is 5.97 Å². The van der Waals surface area contributed by atoms with Crippen molar-refractivity contribution in [3.05, 3.63) is 105 Å². The molecule has 0 unspecified atom stereocenters. The molecular formula is C36H30O8S2. The van der Waals surface area contributed by atoms with Crippen LogP contribution in [0.2, 0.25) is 0 Å². The van der Waals surface area contributed by atoms with E-state index in [0.29, 0.717) is 52.5 Å². The van der Waals surface area contributed by atoms with Gasteiger partial charge in [-0.1, -0.05) is 24.3 Å². The SMILES string of the molecule is O=C(COCCCCCOC(=O)COc1ccc2c(=O)c3ccccc3sc2c1)COc1ccc2c(=O)c3ccccc3sc2c1. The highest BCUT2D eigenvalue weighted by Crippen LogP contribution is 2.29. The standard InChI is InChI=1S/C36H30O8S2/c37-23(21-43-24-12-14-28-32(18-24)45-30-10-4-2-8-26(30)35(28)39)20-41-16-6-1-7-17-42-34(38)22-44-25-13-15-29-33(19-25)46-31-11-5-3-9-27(31)36(29)40/h2-5,8-15,18-19H,1,6-7,16-17,20-22H2. The lowest BCUT2D eigenvalue weighted by molar-refractivity contribution is -0.146. The van der Waals surface area contributed by atoms with Crippen LogP contribution >= 0.6 is 22.7 Å². The zero-order chi connectivity index (χ0) is 31.9. The van der Waals surface area contributed by atoms with Gasteiger partial charge in [0, 0.05) is 47.0 Å². The van der Waals surface area contributed by atoms with Crippen molar-refractivity contribution in [2.45, 2.75) is 19.3 Å². The van der Waals surface area contributed by atoms with E-state index >= 15 is 0 Å². The van der Waals surface area contributed by atoms with Gasteiger partial charge in [-0.05, 0) is 79.9 Å². The molecule has 6 rings (SSSR count). The Kier molecular flexibility index (Phi) is 9.97. The molecule has 0 atom stereocenters. The number of ether oxygens (including phenoxy) is 4. The molecule has 10 heteroatoms. The summed E-state index contributed by atoms with van der Waals surface area (Å²) >= 11 is 3.01. The lowest BCUT2D eigenvalue weighted by Gasteiger charge is -2.09. The summed E-state index contributed by atoms with van der Waals surface area (Å²) in [5.74, 6) is 0.366. The quantitative estimate of drug-likeness (QED) is 0.0710. The average Bonchev–Trinajstić information content (AvgIpc) is 3.07. The number of esters is 1. The normalized spacial score (nSPS) is 11.3. The van der Waals surface area contributed by atoms with E-state index in [-0.39, 0.29) is 43.1 Å². The van der Waals surface area contributed by atoms with Crippen LogP contribution in [0.25, 0.3) is 40.3 Å². The van der Waals surface area contributed by atoms with Gasteiger partial charge in [-0.15, -0.1) is 22.7 Å². The second-order valence-electron chi connectivity index (χ2n) is 10.6. The second-order valence-corrected chi connectivity index (χ2v) is 12.8. The van der Waals surface area contributed by atoms with E-state index in [1.807, 2.05) is 48.5 Å². The number of carbonyl (C=O) groups is 2. The van der Waals surface area contributed by atoms with Crippen molar-refractivity contribution in [2.75, 3.05) is 33.0 Å². The lowest BCUT2D eigenvalue weighted by Crippen LogP contribution is -2.18. The first-order valence-electron chi connectivity index (χ1n) is 14.9. The Morgan fingerprint density at radius 3 is 1.67 bits per heavy atom. The fraction of sp³-hybridized carbons (Fsp3) is 0.222. The molecule has 0 aliphatic heterocycles. The van der Waals surface area contributed by atoms with Gasteiger partial charge in [-0.25, -0.2) is 4.79 Å². The summed E-state index contributed by atoms with van der Waals surface area (Å²) in [5, 5.41) is 2.64. The van der Waals surface area contributed by atoms with Gasteiger partial charge in [-0.2, -0.15) is 0 Å². The molecule has 0 amide bonds. The summed E-state index contributed by atoms with van der Waals surface area (Å²) in [6.45, 7) is 0.263. The number of ketones is 1. The van der Waals surface area contributed by atoms with Gasteiger partial charge in [0.1, 0.15) is 24.7 Å². The maximum atomic E-state index is 12.7. The molecule has 0 saturated heterocycles. The van der Waals surface area contributed by atoms with E-state index in [2.05, 4.69) is 0 Å². The first-order valence-corrected chi connectivity index (χ1v) is 16.5. The number of hydrogen-bond acceptors (Lipinski definition) is 10. The summed E-state index contributed by atoms with van der Waals surface area (Å²) in [7, 11) is 0. The summed E-state index contributed by atoms with van der Waals surface area (Å²) in [4.78, 5) is 49.8. The highest BCUT2D eigenvalue weighted by molar-refractivity contribution is 7.25.